The smallest absolute Gasteiger partial charge is 0.273 e. The van der Waals surface area contributed by atoms with Crippen molar-refractivity contribution in [3.05, 3.63) is 88.1 Å². The highest BCUT2D eigenvalue weighted by Gasteiger charge is 2.19. The number of carbonyl (C=O) groups is 1. The minimum atomic E-state index is -0.497. The van der Waals surface area contributed by atoms with Crippen LogP contribution in [0.4, 0.5) is 11.5 Å². The first-order valence-corrected chi connectivity index (χ1v) is 9.16. The average Bonchev–Trinajstić information content (AvgIpc) is 3.12. The molecule has 150 valence electrons. The number of nitrogens with zero attached hydrogens (tertiary/aromatic N) is 3. The number of methoxy groups -OCH3 is 1. The summed E-state index contributed by atoms with van der Waals surface area (Å²) < 4.78 is 6.97. The molecule has 2 aromatic carbocycles. The third kappa shape index (κ3) is 3.46. The molecule has 30 heavy (non-hydrogen) atoms. The van der Waals surface area contributed by atoms with Crippen LogP contribution in [0.1, 0.15) is 15.9 Å². The number of hydrogen-bond donors (Lipinski definition) is 1. The molecule has 0 saturated carbocycles. The Kier molecular flexibility index (Phi) is 4.89. The highest BCUT2D eigenvalue weighted by molar-refractivity contribution is 6.06. The zero-order valence-electron chi connectivity index (χ0n) is 16.3. The number of rotatable bonds is 5. The molecule has 0 atom stereocenters. The summed E-state index contributed by atoms with van der Waals surface area (Å²) in [7, 11) is 1.59. The molecule has 4 rings (SSSR count). The van der Waals surface area contributed by atoms with Crippen LogP contribution >= 0.6 is 0 Å². The largest absolute Gasteiger partial charge is 0.497 e. The second kappa shape index (κ2) is 7.67. The van der Waals surface area contributed by atoms with E-state index in [1.807, 2.05) is 42.5 Å². The minimum absolute atomic E-state index is 0.101. The number of aryl methyl sites for hydroxylation is 1. The van der Waals surface area contributed by atoms with Crippen LogP contribution in [0, 0.1) is 17.0 Å². The highest BCUT2D eigenvalue weighted by Crippen LogP contribution is 2.30. The summed E-state index contributed by atoms with van der Waals surface area (Å²) in [5.41, 5.74) is 2.62. The van der Waals surface area contributed by atoms with Gasteiger partial charge < -0.3 is 10.1 Å². The van der Waals surface area contributed by atoms with Crippen LogP contribution in [0.3, 0.4) is 0 Å². The lowest BCUT2D eigenvalue weighted by molar-refractivity contribution is -0.385. The molecule has 1 amide bonds. The number of carbonyl (C=O) groups excluding carboxylic acids is 1. The Hall–Kier alpha value is -4.20. The Morgan fingerprint density at radius 2 is 1.90 bits per heavy atom. The fraction of sp³-hybridized carbons (Fsp3) is 0.0909. The van der Waals surface area contributed by atoms with E-state index in [2.05, 4.69) is 10.3 Å². The summed E-state index contributed by atoms with van der Waals surface area (Å²) in [6.45, 7) is 1.63. The number of benzene rings is 2. The normalized spacial score (nSPS) is 10.7. The molecule has 0 fully saturated rings. The quantitative estimate of drug-likeness (QED) is 0.392. The first-order valence-electron chi connectivity index (χ1n) is 9.16. The monoisotopic (exact) mass is 402 g/mol. The van der Waals surface area contributed by atoms with Gasteiger partial charge in [-0.05, 0) is 49.4 Å². The van der Waals surface area contributed by atoms with E-state index < -0.39 is 10.8 Å². The van der Waals surface area contributed by atoms with E-state index in [4.69, 9.17) is 4.74 Å². The minimum Gasteiger partial charge on any atom is -0.497 e. The molecule has 8 heteroatoms. The number of nitro groups is 1. The molecule has 0 aliphatic heterocycles. The lowest BCUT2D eigenvalue weighted by atomic mass is 10.1. The Morgan fingerprint density at radius 1 is 1.13 bits per heavy atom. The van der Waals surface area contributed by atoms with E-state index >= 15 is 0 Å². The van der Waals surface area contributed by atoms with Gasteiger partial charge in [-0.15, -0.1) is 0 Å². The Labute approximate surface area is 171 Å². The second-order valence-corrected chi connectivity index (χ2v) is 6.68. The van der Waals surface area contributed by atoms with E-state index in [9.17, 15) is 14.9 Å². The van der Waals surface area contributed by atoms with Crippen molar-refractivity contribution in [2.75, 3.05) is 12.4 Å². The predicted octanol–water partition coefficient (Wildman–Crippen LogP) is 4.48. The Bertz CT molecular complexity index is 1260. The number of nitro benzene ring substituents is 1. The molecule has 8 nitrogen and oxygen atoms in total. The van der Waals surface area contributed by atoms with Gasteiger partial charge in [-0.1, -0.05) is 12.1 Å². The average molecular weight is 402 g/mol. The number of ether oxygens (including phenoxy) is 1. The van der Waals surface area contributed by atoms with Crippen LogP contribution < -0.4 is 10.1 Å². The lowest BCUT2D eigenvalue weighted by Gasteiger charge is -2.09. The van der Waals surface area contributed by atoms with Crippen molar-refractivity contribution in [2.45, 2.75) is 6.92 Å². The number of imidazole rings is 1. The van der Waals surface area contributed by atoms with E-state index in [1.165, 1.54) is 6.07 Å². The molecule has 0 spiro atoms. The second-order valence-electron chi connectivity index (χ2n) is 6.68. The topological polar surface area (TPSA) is 98.8 Å². The van der Waals surface area contributed by atoms with E-state index in [0.717, 1.165) is 5.56 Å². The number of fused-ring (bicyclic) bond motifs is 1. The number of amides is 1. The molecule has 0 aliphatic carbocycles. The summed E-state index contributed by atoms with van der Waals surface area (Å²) in [5, 5.41) is 14.1. The Balaban J connectivity index is 1.77. The summed E-state index contributed by atoms with van der Waals surface area (Å²) in [5.74, 6) is 0.725. The van der Waals surface area contributed by atoms with Crippen LogP contribution in [-0.2, 0) is 0 Å². The van der Waals surface area contributed by atoms with Crippen LogP contribution in [0.5, 0.6) is 5.75 Å². The summed E-state index contributed by atoms with van der Waals surface area (Å²) in [4.78, 5) is 28.3. The van der Waals surface area contributed by atoms with E-state index in [0.29, 0.717) is 28.5 Å². The predicted molar refractivity (Wildman–Crippen MR) is 113 cm³/mol. The van der Waals surface area contributed by atoms with Crippen LogP contribution in [-0.4, -0.2) is 27.3 Å². The molecular formula is C22H18N4O4. The molecule has 0 radical (unpaired) electrons. The van der Waals surface area contributed by atoms with E-state index in [1.54, 1.807) is 36.8 Å². The zero-order valence-corrected chi connectivity index (χ0v) is 16.3. The van der Waals surface area contributed by atoms with Gasteiger partial charge in [0.15, 0.2) is 0 Å². The standard InChI is InChI=1S/C22H18N4O4/c1-14-6-7-16(13-18(14)26(28)29)22(27)24-21-20(15-8-10-17(30-2)11-9-15)23-19-5-3-4-12-25(19)21/h3-13H,1-2H3,(H,24,27). The van der Waals surface area contributed by atoms with Crippen LogP contribution in [0.2, 0.25) is 0 Å². The van der Waals surface area contributed by atoms with Crippen molar-refractivity contribution in [3.8, 4) is 17.0 Å². The summed E-state index contributed by atoms with van der Waals surface area (Å²) in [6, 6.07) is 17.3. The lowest BCUT2D eigenvalue weighted by Crippen LogP contribution is -2.14. The molecule has 2 heterocycles. The van der Waals surface area contributed by atoms with Gasteiger partial charge >= 0.3 is 0 Å². The van der Waals surface area contributed by atoms with Gasteiger partial charge in [0.2, 0.25) is 0 Å². The third-order valence-corrected chi connectivity index (χ3v) is 4.79. The van der Waals surface area contributed by atoms with E-state index in [-0.39, 0.29) is 11.3 Å². The van der Waals surface area contributed by atoms with Crippen molar-refractivity contribution in [1.29, 1.82) is 0 Å². The van der Waals surface area contributed by atoms with Crippen LogP contribution in [0.25, 0.3) is 16.9 Å². The number of pyridine rings is 1. The third-order valence-electron chi connectivity index (χ3n) is 4.79. The number of anilines is 1. The number of aromatic nitrogens is 2. The van der Waals surface area contributed by atoms with Gasteiger partial charge in [-0.2, -0.15) is 0 Å². The number of hydrogen-bond acceptors (Lipinski definition) is 5. The van der Waals surface area contributed by atoms with Crippen molar-refractivity contribution in [1.82, 2.24) is 9.38 Å². The summed E-state index contributed by atoms with van der Waals surface area (Å²) in [6.07, 6.45) is 1.79. The SMILES string of the molecule is COc1ccc(-c2nc3ccccn3c2NC(=O)c2ccc(C)c([N+](=O)[O-])c2)cc1. The Morgan fingerprint density at radius 3 is 2.60 bits per heavy atom. The fourth-order valence-electron chi connectivity index (χ4n) is 3.19. The molecule has 0 saturated heterocycles. The van der Waals surface area contributed by atoms with Crippen molar-refractivity contribution < 1.29 is 14.5 Å². The highest BCUT2D eigenvalue weighted by atomic mass is 16.6. The maximum Gasteiger partial charge on any atom is 0.273 e. The van der Waals surface area contributed by atoms with Gasteiger partial charge in [0.25, 0.3) is 11.6 Å². The molecule has 1 N–H and O–H groups in total. The van der Waals surface area contributed by atoms with Gasteiger partial charge in [0.1, 0.15) is 22.9 Å². The molecular weight excluding hydrogens is 384 g/mol. The zero-order chi connectivity index (χ0) is 21.3. The van der Waals surface area contributed by atoms with Gasteiger partial charge in [0.05, 0.1) is 12.0 Å². The molecule has 0 aliphatic rings. The fourth-order valence-corrected chi connectivity index (χ4v) is 3.19. The van der Waals surface area contributed by atoms with Crippen molar-refractivity contribution >= 4 is 23.1 Å². The van der Waals surface area contributed by atoms with Crippen molar-refractivity contribution in [3.63, 3.8) is 0 Å². The maximum absolute atomic E-state index is 12.9. The summed E-state index contributed by atoms with van der Waals surface area (Å²) >= 11 is 0. The molecule has 2 aromatic heterocycles. The first-order chi connectivity index (χ1) is 14.5. The first kappa shape index (κ1) is 19.1. The maximum atomic E-state index is 12.9. The van der Waals surface area contributed by atoms with Crippen molar-refractivity contribution in [2.24, 2.45) is 0 Å². The van der Waals surface area contributed by atoms with Gasteiger partial charge in [0, 0.05) is 29.0 Å². The van der Waals surface area contributed by atoms with Crippen LogP contribution in [0.15, 0.2) is 66.9 Å². The molecule has 4 aromatic rings. The van der Waals surface area contributed by atoms with Gasteiger partial charge in [-0.3, -0.25) is 19.3 Å². The molecule has 0 bridgehead atoms. The van der Waals surface area contributed by atoms with Gasteiger partial charge in [-0.25, -0.2) is 4.98 Å². The molecule has 0 unspecified atom stereocenters. The number of nitrogens with one attached hydrogen (secondary N) is 1.